The summed E-state index contributed by atoms with van der Waals surface area (Å²) in [4.78, 5) is 18.0. The molecule has 0 N–H and O–H groups in total. The monoisotopic (exact) mass is 491 g/mol. The van der Waals surface area contributed by atoms with Gasteiger partial charge in [0.1, 0.15) is 11.9 Å². The van der Waals surface area contributed by atoms with Gasteiger partial charge in [0.25, 0.3) is 5.91 Å². The van der Waals surface area contributed by atoms with Crippen LogP contribution in [-0.4, -0.2) is 49.0 Å². The average molecular weight is 492 g/mol. The molecule has 1 aliphatic heterocycles. The van der Waals surface area contributed by atoms with Crippen molar-refractivity contribution in [2.75, 3.05) is 19.8 Å². The van der Waals surface area contributed by atoms with E-state index in [9.17, 15) is 17.6 Å². The van der Waals surface area contributed by atoms with Crippen LogP contribution in [0.1, 0.15) is 25.3 Å². The highest BCUT2D eigenvalue weighted by atomic mass is 32.2. The number of hydrogen-bond donors (Lipinski definition) is 0. The Morgan fingerprint density at radius 2 is 2.00 bits per heavy atom. The van der Waals surface area contributed by atoms with E-state index in [1.54, 1.807) is 41.0 Å². The standard InChI is InChI=1S/C23H26FN3O4S2/c1-3-31-15-14-26-21-18(24)6-4-8-20(21)32-23(26)25-22(28)19-7-5-13-27(19)33(29,30)17-11-9-16(2)10-12-17/h4,6,8-12,19H,3,5,7,13-15H2,1-2H3. The molecule has 0 aliphatic carbocycles. The summed E-state index contributed by atoms with van der Waals surface area (Å²) in [5.41, 5.74) is 1.32. The van der Waals surface area contributed by atoms with Crippen molar-refractivity contribution in [1.29, 1.82) is 0 Å². The molecule has 0 spiro atoms. The highest BCUT2D eigenvalue weighted by molar-refractivity contribution is 7.89. The predicted molar refractivity (Wildman–Crippen MR) is 125 cm³/mol. The van der Waals surface area contributed by atoms with E-state index in [0.29, 0.717) is 47.6 Å². The van der Waals surface area contributed by atoms with Gasteiger partial charge in [0.2, 0.25) is 10.0 Å². The Morgan fingerprint density at radius 3 is 2.73 bits per heavy atom. The Bertz CT molecular complexity index is 1330. The lowest BCUT2D eigenvalue weighted by Crippen LogP contribution is -2.40. The zero-order valence-corrected chi connectivity index (χ0v) is 20.2. The van der Waals surface area contributed by atoms with Crippen LogP contribution in [0.3, 0.4) is 0 Å². The number of fused-ring (bicyclic) bond motifs is 1. The quantitative estimate of drug-likeness (QED) is 0.474. The molecular weight excluding hydrogens is 465 g/mol. The van der Waals surface area contributed by atoms with Crippen molar-refractivity contribution in [3.8, 4) is 0 Å². The number of carbonyl (C=O) groups excluding carboxylic acids is 1. The molecule has 3 aromatic rings. The molecular formula is C23H26FN3O4S2. The lowest BCUT2D eigenvalue weighted by atomic mass is 10.2. The lowest BCUT2D eigenvalue weighted by Gasteiger charge is -2.21. The van der Waals surface area contributed by atoms with Crippen LogP contribution in [-0.2, 0) is 26.1 Å². The van der Waals surface area contributed by atoms with Gasteiger partial charge >= 0.3 is 0 Å². The van der Waals surface area contributed by atoms with Crippen LogP contribution in [0.15, 0.2) is 52.4 Å². The molecule has 2 heterocycles. The van der Waals surface area contributed by atoms with Gasteiger partial charge in [-0.15, -0.1) is 0 Å². The number of nitrogens with zero attached hydrogens (tertiary/aromatic N) is 3. The van der Waals surface area contributed by atoms with E-state index in [1.165, 1.54) is 21.7 Å². The predicted octanol–water partition coefficient (Wildman–Crippen LogP) is 3.47. The normalized spacial score (nSPS) is 17.8. The Balaban J connectivity index is 1.70. The summed E-state index contributed by atoms with van der Waals surface area (Å²) in [6, 6.07) is 10.4. The molecule has 1 fully saturated rings. The molecule has 176 valence electrons. The first-order valence-electron chi connectivity index (χ1n) is 10.9. The van der Waals surface area contributed by atoms with Crippen molar-refractivity contribution in [1.82, 2.24) is 8.87 Å². The smallest absolute Gasteiger partial charge is 0.266 e. The fraction of sp³-hybridized carbons (Fsp3) is 0.391. The maximum absolute atomic E-state index is 14.6. The van der Waals surface area contributed by atoms with E-state index in [4.69, 9.17) is 4.74 Å². The van der Waals surface area contributed by atoms with Gasteiger partial charge in [0.15, 0.2) is 4.80 Å². The molecule has 1 saturated heterocycles. The van der Waals surface area contributed by atoms with Crippen molar-refractivity contribution in [3.63, 3.8) is 0 Å². The van der Waals surface area contributed by atoms with Gasteiger partial charge < -0.3 is 9.30 Å². The molecule has 1 aromatic heterocycles. The first-order valence-corrected chi connectivity index (χ1v) is 13.1. The number of aryl methyl sites for hydroxylation is 1. The Labute approximate surface area is 196 Å². The van der Waals surface area contributed by atoms with Crippen LogP contribution in [0.25, 0.3) is 10.2 Å². The van der Waals surface area contributed by atoms with Crippen molar-refractivity contribution >= 4 is 37.5 Å². The molecule has 0 saturated carbocycles. The number of amides is 1. The topological polar surface area (TPSA) is 81.0 Å². The summed E-state index contributed by atoms with van der Waals surface area (Å²) >= 11 is 1.20. The van der Waals surface area contributed by atoms with Gasteiger partial charge in [-0.3, -0.25) is 4.79 Å². The van der Waals surface area contributed by atoms with Crippen LogP contribution in [0, 0.1) is 12.7 Å². The molecule has 1 amide bonds. The molecule has 33 heavy (non-hydrogen) atoms. The minimum Gasteiger partial charge on any atom is -0.380 e. The number of aromatic nitrogens is 1. The van der Waals surface area contributed by atoms with E-state index in [-0.39, 0.29) is 11.4 Å². The maximum Gasteiger partial charge on any atom is 0.266 e. The van der Waals surface area contributed by atoms with E-state index >= 15 is 0 Å². The average Bonchev–Trinajstić information content (AvgIpc) is 3.41. The number of rotatable bonds is 7. The third-order valence-electron chi connectivity index (χ3n) is 5.64. The third-order valence-corrected chi connectivity index (χ3v) is 8.60. The highest BCUT2D eigenvalue weighted by Gasteiger charge is 2.39. The first kappa shape index (κ1) is 23.7. The summed E-state index contributed by atoms with van der Waals surface area (Å²) in [6.07, 6.45) is 0.966. The molecule has 0 bridgehead atoms. The Kier molecular flexibility index (Phi) is 7.08. The summed E-state index contributed by atoms with van der Waals surface area (Å²) in [7, 11) is -3.83. The third kappa shape index (κ3) is 4.79. The molecule has 1 aliphatic rings. The van der Waals surface area contributed by atoms with E-state index in [0.717, 1.165) is 5.56 Å². The number of sulfonamides is 1. The number of ether oxygens (including phenoxy) is 1. The lowest BCUT2D eigenvalue weighted by molar-refractivity contribution is -0.121. The summed E-state index contributed by atoms with van der Waals surface area (Å²) in [5, 5.41) is 0. The molecule has 2 aromatic carbocycles. The van der Waals surface area contributed by atoms with Gasteiger partial charge in [-0.2, -0.15) is 9.30 Å². The second-order valence-corrected chi connectivity index (χ2v) is 10.8. The summed E-state index contributed by atoms with van der Waals surface area (Å²) < 4.78 is 49.9. The SMILES string of the molecule is CCOCCn1c(=NC(=O)C2CCCN2S(=O)(=O)c2ccc(C)cc2)sc2cccc(F)c21. The maximum atomic E-state index is 14.6. The fourth-order valence-electron chi connectivity index (χ4n) is 3.97. The molecule has 7 nitrogen and oxygen atoms in total. The largest absolute Gasteiger partial charge is 0.380 e. The molecule has 1 unspecified atom stereocenters. The van der Waals surface area contributed by atoms with Crippen LogP contribution in [0.5, 0.6) is 0 Å². The van der Waals surface area contributed by atoms with Crippen LogP contribution < -0.4 is 4.80 Å². The molecule has 10 heteroatoms. The summed E-state index contributed by atoms with van der Waals surface area (Å²) in [5.74, 6) is -0.945. The zero-order chi connectivity index (χ0) is 23.6. The van der Waals surface area contributed by atoms with Gasteiger partial charge in [0, 0.05) is 19.7 Å². The zero-order valence-electron chi connectivity index (χ0n) is 18.5. The number of benzene rings is 2. The number of thiazole rings is 1. The van der Waals surface area contributed by atoms with Crippen molar-refractivity contribution < 1.29 is 22.3 Å². The first-order chi connectivity index (χ1) is 15.8. The van der Waals surface area contributed by atoms with E-state index in [2.05, 4.69) is 4.99 Å². The minimum atomic E-state index is -3.83. The summed E-state index contributed by atoms with van der Waals surface area (Å²) in [6.45, 7) is 5.20. The number of para-hydroxylation sites is 1. The fourth-order valence-corrected chi connectivity index (χ4v) is 6.70. The minimum absolute atomic E-state index is 0.156. The van der Waals surface area contributed by atoms with Gasteiger partial charge in [-0.1, -0.05) is 35.1 Å². The molecule has 0 radical (unpaired) electrons. The van der Waals surface area contributed by atoms with Crippen molar-refractivity contribution in [3.05, 3.63) is 58.6 Å². The van der Waals surface area contributed by atoms with Crippen LogP contribution in [0.4, 0.5) is 4.39 Å². The Morgan fingerprint density at radius 1 is 1.24 bits per heavy atom. The van der Waals surface area contributed by atoms with Gasteiger partial charge in [0.05, 0.1) is 21.7 Å². The molecule has 4 rings (SSSR count). The van der Waals surface area contributed by atoms with Crippen molar-refractivity contribution in [2.45, 2.75) is 44.2 Å². The highest BCUT2D eigenvalue weighted by Crippen LogP contribution is 2.27. The van der Waals surface area contributed by atoms with Gasteiger partial charge in [-0.25, -0.2) is 12.8 Å². The van der Waals surface area contributed by atoms with Crippen molar-refractivity contribution in [2.24, 2.45) is 4.99 Å². The molecule has 1 atom stereocenters. The van der Waals surface area contributed by atoms with E-state index in [1.807, 2.05) is 13.8 Å². The number of hydrogen-bond acceptors (Lipinski definition) is 5. The second-order valence-electron chi connectivity index (χ2n) is 7.86. The number of carbonyl (C=O) groups is 1. The van der Waals surface area contributed by atoms with Crippen LogP contribution in [0.2, 0.25) is 0 Å². The number of halogens is 1. The second kappa shape index (κ2) is 9.84. The van der Waals surface area contributed by atoms with E-state index < -0.39 is 27.8 Å². The van der Waals surface area contributed by atoms with Crippen LogP contribution >= 0.6 is 11.3 Å². The van der Waals surface area contributed by atoms with Gasteiger partial charge in [-0.05, 0) is 51.0 Å². The Hall–Kier alpha value is -2.40.